The van der Waals surface area contributed by atoms with Gasteiger partial charge in [-0.15, -0.1) is 0 Å². The van der Waals surface area contributed by atoms with Gasteiger partial charge in [0.25, 0.3) is 5.91 Å². The zero-order valence-corrected chi connectivity index (χ0v) is 12.5. The number of fused-ring (bicyclic) bond motifs is 1. The summed E-state index contributed by atoms with van der Waals surface area (Å²) in [5, 5.41) is 10.5. The summed E-state index contributed by atoms with van der Waals surface area (Å²) in [6.45, 7) is 0.349. The van der Waals surface area contributed by atoms with Crippen molar-refractivity contribution in [3.8, 4) is 0 Å². The number of carbonyl (C=O) groups is 2. The summed E-state index contributed by atoms with van der Waals surface area (Å²) in [7, 11) is 1.34. The van der Waals surface area contributed by atoms with Gasteiger partial charge in [-0.2, -0.15) is 5.10 Å². The van der Waals surface area contributed by atoms with Crippen LogP contribution in [0.2, 0.25) is 0 Å². The minimum Gasteiger partial charge on any atom is -0.465 e. The number of H-pyrrole nitrogens is 1. The summed E-state index contributed by atoms with van der Waals surface area (Å²) in [5.41, 5.74) is 2.54. The number of rotatable bonds is 4. The van der Waals surface area contributed by atoms with Crippen LogP contribution in [-0.4, -0.2) is 29.2 Å². The first-order chi connectivity index (χ1) is 11.2. The second kappa shape index (κ2) is 6.31. The first-order valence-corrected chi connectivity index (χ1v) is 7.07. The summed E-state index contributed by atoms with van der Waals surface area (Å²) >= 11 is 0. The number of methoxy groups -OCH3 is 1. The van der Waals surface area contributed by atoms with E-state index in [4.69, 9.17) is 0 Å². The maximum atomic E-state index is 12.2. The van der Waals surface area contributed by atoms with E-state index in [0.717, 1.165) is 16.5 Å². The van der Waals surface area contributed by atoms with Crippen LogP contribution in [0.3, 0.4) is 0 Å². The zero-order valence-electron chi connectivity index (χ0n) is 12.5. The van der Waals surface area contributed by atoms with Crippen LogP contribution in [0.4, 0.5) is 0 Å². The highest BCUT2D eigenvalue weighted by Crippen LogP contribution is 2.15. The molecular weight excluding hydrogens is 294 g/mol. The Morgan fingerprint density at radius 3 is 2.61 bits per heavy atom. The Hall–Kier alpha value is -3.15. The Bertz CT molecular complexity index is 853. The first-order valence-electron chi connectivity index (χ1n) is 7.07. The zero-order chi connectivity index (χ0) is 16.2. The van der Waals surface area contributed by atoms with Crippen molar-refractivity contribution in [2.24, 2.45) is 0 Å². The molecule has 0 atom stereocenters. The number of carbonyl (C=O) groups excluding carboxylic acids is 2. The standard InChI is InChI=1S/C17H15N3O3/c1-23-17(22)12-8-6-11(7-9-12)10-18-16(21)15-13-4-2-3-5-14(13)19-20-15/h2-9H,10H2,1H3,(H,18,21)(H,19,20). The van der Waals surface area contributed by atoms with E-state index in [0.29, 0.717) is 17.8 Å². The summed E-state index contributed by atoms with van der Waals surface area (Å²) in [6.07, 6.45) is 0. The predicted octanol–water partition coefficient (Wildman–Crippen LogP) is 2.28. The van der Waals surface area contributed by atoms with E-state index < -0.39 is 0 Å². The van der Waals surface area contributed by atoms with Gasteiger partial charge < -0.3 is 10.1 Å². The molecule has 1 heterocycles. The summed E-state index contributed by atoms with van der Waals surface area (Å²) in [6, 6.07) is 14.3. The van der Waals surface area contributed by atoms with Crippen LogP contribution in [0.25, 0.3) is 10.9 Å². The van der Waals surface area contributed by atoms with Crippen molar-refractivity contribution >= 4 is 22.8 Å². The second-order valence-corrected chi connectivity index (χ2v) is 4.99. The molecule has 23 heavy (non-hydrogen) atoms. The molecule has 0 aliphatic heterocycles. The van der Waals surface area contributed by atoms with Crippen LogP contribution in [0, 0.1) is 0 Å². The molecule has 1 amide bonds. The van der Waals surface area contributed by atoms with Crippen LogP contribution < -0.4 is 5.32 Å². The van der Waals surface area contributed by atoms with Crippen molar-refractivity contribution in [1.29, 1.82) is 0 Å². The molecule has 116 valence electrons. The van der Waals surface area contributed by atoms with Crippen LogP contribution in [0.5, 0.6) is 0 Å². The number of aromatic nitrogens is 2. The van der Waals surface area contributed by atoms with Gasteiger partial charge in [-0.05, 0) is 23.8 Å². The number of para-hydroxylation sites is 1. The van der Waals surface area contributed by atoms with Gasteiger partial charge in [-0.3, -0.25) is 9.89 Å². The van der Waals surface area contributed by atoms with Gasteiger partial charge in [-0.1, -0.05) is 30.3 Å². The number of aromatic amines is 1. The van der Waals surface area contributed by atoms with E-state index in [-0.39, 0.29) is 11.9 Å². The molecule has 2 N–H and O–H groups in total. The van der Waals surface area contributed by atoms with Gasteiger partial charge in [0, 0.05) is 11.9 Å². The Morgan fingerprint density at radius 2 is 1.87 bits per heavy atom. The molecule has 0 spiro atoms. The van der Waals surface area contributed by atoms with E-state index in [9.17, 15) is 9.59 Å². The lowest BCUT2D eigenvalue weighted by Crippen LogP contribution is -2.23. The van der Waals surface area contributed by atoms with E-state index in [1.165, 1.54) is 7.11 Å². The summed E-state index contributed by atoms with van der Waals surface area (Å²) in [4.78, 5) is 23.6. The highest BCUT2D eigenvalue weighted by molar-refractivity contribution is 6.04. The number of benzene rings is 2. The molecule has 3 rings (SSSR count). The number of hydrogen-bond acceptors (Lipinski definition) is 4. The molecule has 6 heteroatoms. The maximum absolute atomic E-state index is 12.2. The molecule has 0 aliphatic rings. The van der Waals surface area contributed by atoms with Crippen molar-refractivity contribution in [2.45, 2.75) is 6.54 Å². The molecule has 0 radical (unpaired) electrons. The molecule has 0 saturated heterocycles. The number of hydrogen-bond donors (Lipinski definition) is 2. The smallest absolute Gasteiger partial charge is 0.337 e. The molecular formula is C17H15N3O3. The van der Waals surface area contributed by atoms with Crippen LogP contribution in [0.15, 0.2) is 48.5 Å². The van der Waals surface area contributed by atoms with E-state index in [1.807, 2.05) is 24.3 Å². The van der Waals surface area contributed by atoms with Gasteiger partial charge in [0.05, 0.1) is 18.2 Å². The molecule has 6 nitrogen and oxygen atoms in total. The average molecular weight is 309 g/mol. The van der Waals surface area contributed by atoms with E-state index in [1.54, 1.807) is 24.3 Å². The van der Waals surface area contributed by atoms with Crippen LogP contribution in [0.1, 0.15) is 26.4 Å². The fraction of sp³-hybridized carbons (Fsp3) is 0.118. The van der Waals surface area contributed by atoms with Crippen molar-refractivity contribution in [3.05, 3.63) is 65.4 Å². The Morgan fingerprint density at radius 1 is 1.13 bits per heavy atom. The van der Waals surface area contributed by atoms with Crippen LogP contribution in [-0.2, 0) is 11.3 Å². The lowest BCUT2D eigenvalue weighted by Gasteiger charge is -2.05. The first kappa shape index (κ1) is 14.8. The molecule has 1 aromatic heterocycles. The van der Waals surface area contributed by atoms with Gasteiger partial charge >= 0.3 is 5.97 Å². The number of nitrogens with one attached hydrogen (secondary N) is 2. The fourth-order valence-corrected chi connectivity index (χ4v) is 2.28. The van der Waals surface area contributed by atoms with E-state index in [2.05, 4.69) is 20.3 Å². The Balaban J connectivity index is 1.68. The Kier molecular flexibility index (Phi) is 4.05. The molecule has 0 fully saturated rings. The fourth-order valence-electron chi connectivity index (χ4n) is 2.28. The number of nitrogens with zero attached hydrogens (tertiary/aromatic N) is 1. The van der Waals surface area contributed by atoms with Crippen LogP contribution >= 0.6 is 0 Å². The van der Waals surface area contributed by atoms with Crippen molar-refractivity contribution in [1.82, 2.24) is 15.5 Å². The van der Waals surface area contributed by atoms with Gasteiger partial charge in [0.1, 0.15) is 0 Å². The predicted molar refractivity (Wildman–Crippen MR) is 85.0 cm³/mol. The highest BCUT2D eigenvalue weighted by atomic mass is 16.5. The minimum atomic E-state index is -0.386. The lowest BCUT2D eigenvalue weighted by molar-refractivity contribution is 0.0600. The van der Waals surface area contributed by atoms with Gasteiger partial charge in [-0.25, -0.2) is 4.79 Å². The molecule has 3 aromatic rings. The third kappa shape index (κ3) is 3.06. The van der Waals surface area contributed by atoms with Crippen molar-refractivity contribution in [3.63, 3.8) is 0 Å². The average Bonchev–Trinajstić information content (AvgIpc) is 3.03. The van der Waals surface area contributed by atoms with Gasteiger partial charge in [0.15, 0.2) is 5.69 Å². The van der Waals surface area contributed by atoms with Crippen molar-refractivity contribution < 1.29 is 14.3 Å². The van der Waals surface area contributed by atoms with Crippen molar-refractivity contribution in [2.75, 3.05) is 7.11 Å². The number of ether oxygens (including phenoxy) is 1. The monoisotopic (exact) mass is 309 g/mol. The molecule has 0 aliphatic carbocycles. The quantitative estimate of drug-likeness (QED) is 0.724. The minimum absolute atomic E-state index is 0.250. The largest absolute Gasteiger partial charge is 0.465 e. The highest BCUT2D eigenvalue weighted by Gasteiger charge is 2.13. The number of amides is 1. The third-order valence-electron chi connectivity index (χ3n) is 3.51. The Labute approximate surface area is 132 Å². The van der Waals surface area contributed by atoms with E-state index >= 15 is 0 Å². The lowest BCUT2D eigenvalue weighted by atomic mass is 10.1. The summed E-state index contributed by atoms with van der Waals surface area (Å²) in [5.74, 6) is -0.636. The SMILES string of the molecule is COC(=O)c1ccc(CNC(=O)c2n[nH]c3ccccc23)cc1. The third-order valence-corrected chi connectivity index (χ3v) is 3.51. The summed E-state index contributed by atoms with van der Waals surface area (Å²) < 4.78 is 4.64. The normalized spacial score (nSPS) is 10.5. The maximum Gasteiger partial charge on any atom is 0.337 e. The second-order valence-electron chi connectivity index (χ2n) is 4.99. The van der Waals surface area contributed by atoms with Gasteiger partial charge in [0.2, 0.25) is 0 Å². The number of esters is 1. The molecule has 0 unspecified atom stereocenters. The molecule has 2 aromatic carbocycles. The topological polar surface area (TPSA) is 84.1 Å². The molecule has 0 saturated carbocycles. The molecule has 0 bridgehead atoms.